The van der Waals surface area contributed by atoms with Crippen molar-refractivity contribution in [1.29, 1.82) is 0 Å². The Labute approximate surface area is 198 Å². The van der Waals surface area contributed by atoms with Crippen molar-refractivity contribution in [3.63, 3.8) is 0 Å². The number of anilines is 1. The molecular weight excluding hydrogens is 440 g/mol. The largest absolute Gasteiger partial charge is 0.495 e. The molecule has 0 fully saturated rings. The van der Waals surface area contributed by atoms with Gasteiger partial charge in [0.2, 0.25) is 5.91 Å². The Morgan fingerprint density at radius 2 is 1.97 bits per heavy atom. The molecule has 174 valence electrons. The minimum Gasteiger partial charge on any atom is -0.495 e. The first-order valence-corrected chi connectivity index (χ1v) is 11.5. The van der Waals surface area contributed by atoms with Crippen molar-refractivity contribution in [3.05, 3.63) is 66.5 Å². The molecule has 1 amide bonds. The number of carbonyl (C=O) groups excluding carboxylic acids is 1. The Morgan fingerprint density at radius 1 is 1.15 bits per heavy atom. The van der Waals surface area contributed by atoms with E-state index < -0.39 is 0 Å². The number of para-hydroxylation sites is 2. The Balaban J connectivity index is 1.66. The van der Waals surface area contributed by atoms with Gasteiger partial charge in [-0.2, -0.15) is 0 Å². The fourth-order valence-corrected chi connectivity index (χ4v) is 3.82. The summed E-state index contributed by atoms with van der Waals surface area (Å²) in [5, 5.41) is 12.0. The summed E-state index contributed by atoms with van der Waals surface area (Å²) in [7, 11) is 1.56. The SMILES string of the molecule is C=CCn1c(COc2ccc(C)cc2OCC)nnc1SCC(=O)Nc1ccccc1OC. The molecule has 0 saturated heterocycles. The lowest BCUT2D eigenvalue weighted by Gasteiger charge is -2.13. The molecule has 0 unspecified atom stereocenters. The number of benzene rings is 2. The van der Waals surface area contributed by atoms with Crippen LogP contribution in [0.15, 0.2) is 60.3 Å². The minimum absolute atomic E-state index is 0.167. The fraction of sp³-hybridized carbons (Fsp3) is 0.292. The van der Waals surface area contributed by atoms with Crippen molar-refractivity contribution in [1.82, 2.24) is 14.8 Å². The number of rotatable bonds is 12. The molecule has 1 heterocycles. The molecule has 3 rings (SSSR count). The molecule has 3 aromatic rings. The molecule has 0 atom stereocenters. The number of ether oxygens (including phenoxy) is 3. The van der Waals surface area contributed by atoms with Crippen LogP contribution in [0.5, 0.6) is 17.2 Å². The number of aryl methyl sites for hydroxylation is 1. The van der Waals surface area contributed by atoms with E-state index in [1.165, 1.54) is 11.8 Å². The van der Waals surface area contributed by atoms with Gasteiger partial charge in [0.15, 0.2) is 22.5 Å². The molecule has 1 aromatic heterocycles. The van der Waals surface area contributed by atoms with Crippen LogP contribution in [0.25, 0.3) is 0 Å². The van der Waals surface area contributed by atoms with Gasteiger partial charge in [-0.3, -0.25) is 9.36 Å². The number of carbonyl (C=O) groups is 1. The van der Waals surface area contributed by atoms with Gasteiger partial charge in [-0.25, -0.2) is 0 Å². The highest BCUT2D eigenvalue weighted by molar-refractivity contribution is 7.99. The number of aromatic nitrogens is 3. The maximum Gasteiger partial charge on any atom is 0.234 e. The van der Waals surface area contributed by atoms with Gasteiger partial charge in [-0.15, -0.1) is 16.8 Å². The number of methoxy groups -OCH3 is 1. The van der Waals surface area contributed by atoms with Gasteiger partial charge < -0.3 is 19.5 Å². The van der Waals surface area contributed by atoms with Crippen LogP contribution >= 0.6 is 11.8 Å². The van der Waals surface area contributed by atoms with Crippen LogP contribution in [0.1, 0.15) is 18.3 Å². The van der Waals surface area contributed by atoms with E-state index in [-0.39, 0.29) is 18.3 Å². The summed E-state index contributed by atoms with van der Waals surface area (Å²) < 4.78 is 18.8. The first kappa shape index (κ1) is 24.2. The molecule has 0 spiro atoms. The second-order valence-corrected chi connectivity index (χ2v) is 7.95. The first-order chi connectivity index (χ1) is 16.0. The van der Waals surface area contributed by atoms with Crippen LogP contribution in [0.2, 0.25) is 0 Å². The Hall–Kier alpha value is -3.46. The molecule has 8 nitrogen and oxygen atoms in total. The molecule has 9 heteroatoms. The summed E-state index contributed by atoms with van der Waals surface area (Å²) in [6.45, 7) is 8.99. The van der Waals surface area contributed by atoms with Gasteiger partial charge in [0.1, 0.15) is 12.4 Å². The maximum atomic E-state index is 12.5. The van der Waals surface area contributed by atoms with Gasteiger partial charge in [0.05, 0.1) is 25.2 Å². The van der Waals surface area contributed by atoms with Crippen molar-refractivity contribution in [2.45, 2.75) is 32.2 Å². The Kier molecular flexibility index (Phi) is 8.77. The quantitative estimate of drug-likeness (QED) is 0.309. The molecule has 2 aromatic carbocycles. The van der Waals surface area contributed by atoms with E-state index in [4.69, 9.17) is 14.2 Å². The third-order valence-corrected chi connectivity index (χ3v) is 5.54. The standard InChI is InChI=1S/C24H28N4O4S/c1-5-13-28-22(15-32-20-12-11-17(3)14-21(20)31-6-2)26-27-24(28)33-16-23(29)25-18-9-7-8-10-19(18)30-4/h5,7-12,14H,1,6,13,15-16H2,2-4H3,(H,25,29). The van der Waals surface area contributed by atoms with E-state index in [1.807, 2.05) is 48.7 Å². The summed E-state index contributed by atoms with van der Waals surface area (Å²) in [4.78, 5) is 12.5. The van der Waals surface area contributed by atoms with E-state index in [0.29, 0.717) is 47.1 Å². The predicted octanol–water partition coefficient (Wildman–Crippen LogP) is 4.49. The lowest BCUT2D eigenvalue weighted by molar-refractivity contribution is -0.113. The summed E-state index contributed by atoms with van der Waals surface area (Å²) >= 11 is 1.29. The van der Waals surface area contributed by atoms with Crippen LogP contribution in [-0.2, 0) is 17.9 Å². The average molecular weight is 469 g/mol. The van der Waals surface area contributed by atoms with Crippen LogP contribution in [0.3, 0.4) is 0 Å². The number of hydrogen-bond donors (Lipinski definition) is 1. The van der Waals surface area contributed by atoms with Crippen molar-refractivity contribution in [2.75, 3.05) is 24.8 Å². The Morgan fingerprint density at radius 3 is 2.73 bits per heavy atom. The number of allylic oxidation sites excluding steroid dienone is 1. The van der Waals surface area contributed by atoms with Gasteiger partial charge in [0.25, 0.3) is 0 Å². The zero-order valence-corrected chi connectivity index (χ0v) is 19.9. The highest BCUT2D eigenvalue weighted by Crippen LogP contribution is 2.29. The third kappa shape index (κ3) is 6.52. The molecule has 0 aliphatic carbocycles. The Bertz CT molecular complexity index is 1100. The average Bonchev–Trinajstić information content (AvgIpc) is 3.19. The fourth-order valence-electron chi connectivity index (χ4n) is 3.05. The van der Waals surface area contributed by atoms with Crippen LogP contribution in [-0.4, -0.2) is 40.1 Å². The molecule has 0 radical (unpaired) electrons. The highest BCUT2D eigenvalue weighted by atomic mass is 32.2. The molecule has 0 aliphatic rings. The lowest BCUT2D eigenvalue weighted by Crippen LogP contribution is -2.15. The number of nitrogens with one attached hydrogen (secondary N) is 1. The van der Waals surface area contributed by atoms with Gasteiger partial charge in [0, 0.05) is 6.54 Å². The van der Waals surface area contributed by atoms with Gasteiger partial charge in [-0.05, 0) is 43.7 Å². The normalized spacial score (nSPS) is 10.5. The maximum absolute atomic E-state index is 12.5. The highest BCUT2D eigenvalue weighted by Gasteiger charge is 2.16. The molecule has 33 heavy (non-hydrogen) atoms. The topological polar surface area (TPSA) is 87.5 Å². The van der Waals surface area contributed by atoms with E-state index in [0.717, 1.165) is 5.56 Å². The first-order valence-electron chi connectivity index (χ1n) is 10.5. The van der Waals surface area contributed by atoms with E-state index in [9.17, 15) is 4.79 Å². The van der Waals surface area contributed by atoms with Crippen LogP contribution in [0, 0.1) is 6.92 Å². The molecular formula is C24H28N4O4S. The molecule has 1 N–H and O–H groups in total. The molecule has 0 aliphatic heterocycles. The number of hydrogen-bond acceptors (Lipinski definition) is 7. The van der Waals surface area contributed by atoms with Crippen molar-refractivity contribution in [3.8, 4) is 17.2 Å². The van der Waals surface area contributed by atoms with Crippen molar-refractivity contribution >= 4 is 23.4 Å². The minimum atomic E-state index is -0.170. The second kappa shape index (κ2) is 12.0. The van der Waals surface area contributed by atoms with E-state index in [1.54, 1.807) is 25.3 Å². The molecule has 0 saturated carbocycles. The van der Waals surface area contributed by atoms with Gasteiger partial charge >= 0.3 is 0 Å². The second-order valence-electron chi connectivity index (χ2n) is 7.01. The summed E-state index contributed by atoms with van der Waals surface area (Å²) in [5.74, 6) is 2.56. The lowest BCUT2D eigenvalue weighted by atomic mass is 10.2. The van der Waals surface area contributed by atoms with Crippen LogP contribution in [0.4, 0.5) is 5.69 Å². The van der Waals surface area contributed by atoms with Crippen LogP contribution < -0.4 is 19.5 Å². The monoisotopic (exact) mass is 468 g/mol. The number of nitrogens with zero attached hydrogens (tertiary/aromatic N) is 3. The third-order valence-electron chi connectivity index (χ3n) is 4.57. The smallest absolute Gasteiger partial charge is 0.234 e. The number of thioether (sulfide) groups is 1. The van der Waals surface area contributed by atoms with Crippen molar-refractivity contribution in [2.24, 2.45) is 0 Å². The zero-order valence-electron chi connectivity index (χ0n) is 19.0. The summed E-state index contributed by atoms with van der Waals surface area (Å²) in [6, 6.07) is 13.1. The van der Waals surface area contributed by atoms with E-state index >= 15 is 0 Å². The summed E-state index contributed by atoms with van der Waals surface area (Å²) in [5.41, 5.74) is 1.71. The van der Waals surface area contributed by atoms with Crippen molar-refractivity contribution < 1.29 is 19.0 Å². The predicted molar refractivity (Wildman–Crippen MR) is 129 cm³/mol. The number of amides is 1. The van der Waals surface area contributed by atoms with E-state index in [2.05, 4.69) is 22.1 Å². The zero-order chi connectivity index (χ0) is 23.6. The molecule has 0 bridgehead atoms. The van der Waals surface area contributed by atoms with Gasteiger partial charge in [-0.1, -0.05) is 36.0 Å². The summed E-state index contributed by atoms with van der Waals surface area (Å²) in [6.07, 6.45) is 1.75.